The molecule has 0 radical (unpaired) electrons. The van der Waals surface area contributed by atoms with Crippen molar-refractivity contribution in [2.75, 3.05) is 20.7 Å². The highest BCUT2D eigenvalue weighted by atomic mass is 19.4. The molecule has 3 rings (SSSR count). The van der Waals surface area contributed by atoms with Crippen LogP contribution < -0.4 is 15.4 Å². The molecule has 2 aromatic carbocycles. The molecule has 0 aliphatic heterocycles. The molecule has 5 nitrogen and oxygen atoms in total. The second kappa shape index (κ2) is 11.0. The SMILES string of the molecule is CNC(=O)[C@H](NCC[C@@H](c1ccc(C(F)(F)F)cc1)c1cccnc1OC)c1ccccc1. The van der Waals surface area contributed by atoms with Gasteiger partial charge in [-0.15, -0.1) is 0 Å². The Morgan fingerprint density at radius 3 is 2.30 bits per heavy atom. The van der Waals surface area contributed by atoms with E-state index in [-0.39, 0.29) is 11.8 Å². The first-order valence-electron chi connectivity index (χ1n) is 10.5. The summed E-state index contributed by atoms with van der Waals surface area (Å²) in [4.78, 5) is 16.7. The third-order valence-corrected chi connectivity index (χ3v) is 5.43. The summed E-state index contributed by atoms with van der Waals surface area (Å²) in [5.74, 6) is -0.0518. The lowest BCUT2D eigenvalue weighted by molar-refractivity contribution is -0.137. The molecule has 0 saturated heterocycles. The van der Waals surface area contributed by atoms with Gasteiger partial charge >= 0.3 is 6.18 Å². The Balaban J connectivity index is 1.86. The third kappa shape index (κ3) is 6.10. The van der Waals surface area contributed by atoms with Gasteiger partial charge in [-0.05, 0) is 42.3 Å². The number of likely N-dealkylation sites (N-methyl/N-ethyl adjacent to an activating group) is 1. The zero-order valence-electron chi connectivity index (χ0n) is 18.4. The smallest absolute Gasteiger partial charge is 0.416 e. The van der Waals surface area contributed by atoms with Crippen molar-refractivity contribution in [2.45, 2.75) is 24.6 Å². The molecule has 3 aromatic rings. The summed E-state index contributed by atoms with van der Waals surface area (Å²) in [6.45, 7) is 0.427. The van der Waals surface area contributed by atoms with Gasteiger partial charge in [0.15, 0.2) is 0 Å². The minimum Gasteiger partial charge on any atom is -0.481 e. The number of pyridine rings is 1. The molecule has 0 spiro atoms. The topological polar surface area (TPSA) is 63.2 Å². The maximum Gasteiger partial charge on any atom is 0.416 e. The number of hydrogen-bond donors (Lipinski definition) is 2. The standard InChI is InChI=1S/C25H26F3N3O2/c1-29-23(32)22(18-7-4-3-5-8-18)30-16-14-20(21-9-6-15-31-24(21)33-2)17-10-12-19(13-11-17)25(26,27)28/h3-13,15,20,22,30H,14,16H2,1-2H3,(H,29,32)/t20-,22+/m0/s1. The van der Waals surface area contributed by atoms with Crippen molar-refractivity contribution < 1.29 is 22.7 Å². The molecule has 1 heterocycles. The minimum absolute atomic E-state index is 0.175. The molecule has 0 saturated carbocycles. The quantitative estimate of drug-likeness (QED) is 0.489. The van der Waals surface area contributed by atoms with Crippen LogP contribution in [0, 0.1) is 0 Å². The lowest BCUT2D eigenvalue weighted by atomic mass is 9.88. The largest absolute Gasteiger partial charge is 0.481 e. The monoisotopic (exact) mass is 457 g/mol. The Hall–Kier alpha value is -3.39. The first kappa shape index (κ1) is 24.3. The number of hydrogen-bond acceptors (Lipinski definition) is 4. The molecule has 8 heteroatoms. The summed E-state index contributed by atoms with van der Waals surface area (Å²) in [7, 11) is 3.08. The van der Waals surface area contributed by atoms with Gasteiger partial charge in [0.25, 0.3) is 0 Å². The summed E-state index contributed by atoms with van der Waals surface area (Å²) in [5.41, 5.74) is 1.58. The van der Waals surface area contributed by atoms with Crippen LogP contribution in [0.4, 0.5) is 13.2 Å². The van der Waals surface area contributed by atoms with Gasteiger partial charge in [0, 0.05) is 24.7 Å². The molecule has 33 heavy (non-hydrogen) atoms. The van der Waals surface area contributed by atoms with Gasteiger partial charge in [-0.3, -0.25) is 4.79 Å². The molecule has 0 unspecified atom stereocenters. The lowest BCUT2D eigenvalue weighted by Crippen LogP contribution is -2.36. The number of halogens is 3. The number of benzene rings is 2. The van der Waals surface area contributed by atoms with E-state index in [2.05, 4.69) is 15.6 Å². The van der Waals surface area contributed by atoms with E-state index in [1.807, 2.05) is 36.4 Å². The van der Waals surface area contributed by atoms with Crippen LogP contribution >= 0.6 is 0 Å². The van der Waals surface area contributed by atoms with Crippen LogP contribution in [-0.2, 0) is 11.0 Å². The number of nitrogens with one attached hydrogen (secondary N) is 2. The van der Waals surface area contributed by atoms with Gasteiger partial charge < -0.3 is 15.4 Å². The maximum absolute atomic E-state index is 13.0. The van der Waals surface area contributed by atoms with Crippen LogP contribution in [0.5, 0.6) is 5.88 Å². The molecule has 0 aliphatic rings. The van der Waals surface area contributed by atoms with Gasteiger partial charge in [0.1, 0.15) is 6.04 Å². The fraction of sp³-hybridized carbons (Fsp3) is 0.280. The number of nitrogens with zero attached hydrogens (tertiary/aromatic N) is 1. The number of carbonyl (C=O) groups is 1. The molecule has 174 valence electrons. The number of rotatable bonds is 9. The van der Waals surface area contributed by atoms with Crippen molar-refractivity contribution in [3.8, 4) is 5.88 Å². The van der Waals surface area contributed by atoms with Crippen LogP contribution in [0.2, 0.25) is 0 Å². The average molecular weight is 457 g/mol. The van der Waals surface area contributed by atoms with Crippen LogP contribution in [0.25, 0.3) is 0 Å². The van der Waals surface area contributed by atoms with E-state index < -0.39 is 17.8 Å². The zero-order valence-corrected chi connectivity index (χ0v) is 18.4. The van der Waals surface area contributed by atoms with E-state index in [4.69, 9.17) is 4.74 Å². The molecular weight excluding hydrogens is 431 g/mol. The Morgan fingerprint density at radius 1 is 1.00 bits per heavy atom. The van der Waals surface area contributed by atoms with Crippen LogP contribution in [0.1, 0.15) is 40.6 Å². The highest BCUT2D eigenvalue weighted by Crippen LogP contribution is 2.35. The van der Waals surface area contributed by atoms with E-state index in [0.29, 0.717) is 24.4 Å². The summed E-state index contributed by atoms with van der Waals surface area (Å²) < 4.78 is 44.5. The maximum atomic E-state index is 13.0. The zero-order chi connectivity index (χ0) is 23.8. The van der Waals surface area contributed by atoms with Crippen molar-refractivity contribution in [1.82, 2.24) is 15.6 Å². The summed E-state index contributed by atoms with van der Waals surface area (Å²) in [6, 6.07) is 17.5. The van der Waals surface area contributed by atoms with Crippen LogP contribution in [-0.4, -0.2) is 31.6 Å². The number of carbonyl (C=O) groups excluding carboxylic acids is 1. The number of alkyl halides is 3. The molecular formula is C25H26F3N3O2. The number of aromatic nitrogens is 1. The van der Waals surface area contributed by atoms with Gasteiger partial charge in [0.2, 0.25) is 11.8 Å². The fourth-order valence-electron chi connectivity index (χ4n) is 3.77. The van der Waals surface area contributed by atoms with E-state index in [1.54, 1.807) is 19.3 Å². The second-order valence-electron chi connectivity index (χ2n) is 7.48. The van der Waals surface area contributed by atoms with Gasteiger partial charge in [-0.1, -0.05) is 48.5 Å². The van der Waals surface area contributed by atoms with Crippen molar-refractivity contribution in [2.24, 2.45) is 0 Å². The minimum atomic E-state index is -4.40. The Morgan fingerprint density at radius 2 is 1.70 bits per heavy atom. The van der Waals surface area contributed by atoms with E-state index in [0.717, 1.165) is 23.3 Å². The summed E-state index contributed by atoms with van der Waals surface area (Å²) in [6.07, 6.45) is -2.30. The second-order valence-corrected chi connectivity index (χ2v) is 7.48. The summed E-state index contributed by atoms with van der Waals surface area (Å²) in [5, 5.41) is 5.94. The van der Waals surface area contributed by atoms with Crippen molar-refractivity contribution in [3.63, 3.8) is 0 Å². The average Bonchev–Trinajstić information content (AvgIpc) is 2.84. The molecule has 0 aliphatic carbocycles. The van der Waals surface area contributed by atoms with Gasteiger partial charge in [-0.25, -0.2) is 4.98 Å². The Labute approximate surface area is 191 Å². The van der Waals surface area contributed by atoms with Crippen molar-refractivity contribution >= 4 is 5.91 Å². The van der Waals surface area contributed by atoms with E-state index in [1.165, 1.54) is 19.2 Å². The number of methoxy groups -OCH3 is 1. The molecule has 0 fully saturated rings. The molecule has 1 aromatic heterocycles. The lowest BCUT2D eigenvalue weighted by Gasteiger charge is -2.23. The highest BCUT2D eigenvalue weighted by molar-refractivity contribution is 5.82. The first-order chi connectivity index (χ1) is 15.8. The summed E-state index contributed by atoms with van der Waals surface area (Å²) >= 11 is 0. The van der Waals surface area contributed by atoms with Crippen LogP contribution in [0.3, 0.4) is 0 Å². The number of ether oxygens (including phenoxy) is 1. The molecule has 2 N–H and O–H groups in total. The predicted octanol–water partition coefficient (Wildman–Crippen LogP) is 4.71. The molecule has 2 atom stereocenters. The van der Waals surface area contributed by atoms with Crippen molar-refractivity contribution in [3.05, 3.63) is 95.2 Å². The van der Waals surface area contributed by atoms with Gasteiger partial charge in [0.05, 0.1) is 12.7 Å². The van der Waals surface area contributed by atoms with E-state index in [9.17, 15) is 18.0 Å². The van der Waals surface area contributed by atoms with Crippen molar-refractivity contribution in [1.29, 1.82) is 0 Å². The first-order valence-corrected chi connectivity index (χ1v) is 10.5. The van der Waals surface area contributed by atoms with Gasteiger partial charge in [-0.2, -0.15) is 13.2 Å². The Bertz CT molecular complexity index is 1040. The Kier molecular flexibility index (Phi) is 8.06. The molecule has 1 amide bonds. The van der Waals surface area contributed by atoms with E-state index >= 15 is 0 Å². The molecule has 0 bridgehead atoms. The van der Waals surface area contributed by atoms with Crippen LogP contribution in [0.15, 0.2) is 72.9 Å². The highest BCUT2D eigenvalue weighted by Gasteiger charge is 2.30. The number of amides is 1. The predicted molar refractivity (Wildman–Crippen MR) is 120 cm³/mol. The fourth-order valence-corrected chi connectivity index (χ4v) is 3.77. The normalized spacial score (nSPS) is 13.2. The third-order valence-electron chi connectivity index (χ3n) is 5.43.